The molecule has 0 atom stereocenters. The number of nitrogens with one attached hydrogen (secondary N) is 1. The number of aromatic nitrogens is 4. The van der Waals surface area contributed by atoms with E-state index in [9.17, 15) is 4.79 Å². The van der Waals surface area contributed by atoms with Gasteiger partial charge in [0, 0.05) is 6.20 Å². The van der Waals surface area contributed by atoms with Crippen LogP contribution in [0.1, 0.15) is 53.8 Å². The van der Waals surface area contributed by atoms with Crippen molar-refractivity contribution in [1.82, 2.24) is 19.6 Å². The van der Waals surface area contributed by atoms with Gasteiger partial charge in [-0.05, 0) is 60.7 Å². The van der Waals surface area contributed by atoms with Crippen molar-refractivity contribution in [3.8, 4) is 17.2 Å². The van der Waals surface area contributed by atoms with Gasteiger partial charge in [0.2, 0.25) is 0 Å². The number of ether oxygens (including phenoxy) is 3. The maximum atomic E-state index is 13.0. The van der Waals surface area contributed by atoms with Crippen molar-refractivity contribution in [1.29, 1.82) is 0 Å². The highest BCUT2D eigenvalue weighted by Gasteiger charge is 2.18. The van der Waals surface area contributed by atoms with E-state index < -0.39 is 0 Å². The molecule has 9 nitrogen and oxygen atoms in total. The predicted octanol–water partition coefficient (Wildman–Crippen LogP) is 5.35. The summed E-state index contributed by atoms with van der Waals surface area (Å²) in [5, 5.41) is 12.0. The highest BCUT2D eigenvalue weighted by Crippen LogP contribution is 2.29. The van der Waals surface area contributed by atoms with Crippen LogP contribution in [0.2, 0.25) is 0 Å². The molecular weight excluding hydrogens is 482 g/mol. The summed E-state index contributed by atoms with van der Waals surface area (Å²) >= 11 is 0. The molecule has 2 heterocycles. The van der Waals surface area contributed by atoms with Gasteiger partial charge in [-0.15, -0.1) is 0 Å². The van der Waals surface area contributed by atoms with Crippen molar-refractivity contribution in [2.45, 2.75) is 53.3 Å². The quantitative estimate of drug-likeness (QED) is 0.322. The Morgan fingerprint density at radius 1 is 0.947 bits per heavy atom. The van der Waals surface area contributed by atoms with Crippen LogP contribution in [0.4, 0.5) is 5.69 Å². The van der Waals surface area contributed by atoms with E-state index in [1.165, 1.54) is 5.56 Å². The zero-order valence-corrected chi connectivity index (χ0v) is 23.0. The predicted molar refractivity (Wildman–Crippen MR) is 146 cm³/mol. The number of carbonyl (C=O) groups is 1. The van der Waals surface area contributed by atoms with Crippen LogP contribution in [0.5, 0.6) is 17.2 Å². The van der Waals surface area contributed by atoms with Gasteiger partial charge < -0.3 is 19.5 Å². The first-order valence-corrected chi connectivity index (χ1v) is 12.4. The van der Waals surface area contributed by atoms with E-state index in [2.05, 4.69) is 48.4 Å². The molecule has 4 rings (SSSR count). The minimum absolute atomic E-state index is 0.0826. The molecule has 2 aromatic carbocycles. The topological polar surface area (TPSA) is 92.4 Å². The zero-order valence-electron chi connectivity index (χ0n) is 23.0. The number of amides is 1. The Hall–Kier alpha value is -4.27. The lowest BCUT2D eigenvalue weighted by Crippen LogP contribution is -2.15. The van der Waals surface area contributed by atoms with Gasteiger partial charge in [0.25, 0.3) is 5.91 Å². The number of methoxy groups -OCH3 is 2. The summed E-state index contributed by atoms with van der Waals surface area (Å²) in [6.45, 7) is 11.0. The van der Waals surface area contributed by atoms with Gasteiger partial charge in [0.15, 0.2) is 23.9 Å². The molecule has 0 fully saturated rings. The summed E-state index contributed by atoms with van der Waals surface area (Å²) < 4.78 is 20.0. The number of carbonyl (C=O) groups excluding carboxylic acids is 1. The summed E-state index contributed by atoms with van der Waals surface area (Å²) in [6.07, 6.45) is 1.72. The van der Waals surface area contributed by atoms with Gasteiger partial charge in [0.1, 0.15) is 5.75 Å². The lowest BCUT2D eigenvalue weighted by Gasteiger charge is -2.19. The number of rotatable bonds is 9. The third kappa shape index (κ3) is 5.99. The second-order valence-corrected chi connectivity index (χ2v) is 10.1. The van der Waals surface area contributed by atoms with Crippen molar-refractivity contribution in [2.75, 3.05) is 19.5 Å². The number of anilines is 1. The van der Waals surface area contributed by atoms with Crippen LogP contribution in [0.25, 0.3) is 0 Å². The highest BCUT2D eigenvalue weighted by atomic mass is 16.5. The first kappa shape index (κ1) is 26.8. The SMILES string of the molecule is COc1ccc(Cn2nc(C)c(NC(=O)c3ccn(COc4ccc(C(C)(C)C)cc4)n3)c2C)cc1OC. The van der Waals surface area contributed by atoms with Crippen molar-refractivity contribution in [3.63, 3.8) is 0 Å². The molecule has 0 saturated carbocycles. The lowest BCUT2D eigenvalue weighted by atomic mass is 9.87. The van der Waals surface area contributed by atoms with Crippen LogP contribution in [0.15, 0.2) is 54.7 Å². The maximum absolute atomic E-state index is 13.0. The Balaban J connectivity index is 1.40. The standard InChI is InChI=1S/C29H35N5O4/c1-19-27(20(2)34(31-19)17-21-8-13-25(36-6)26(16-21)37-7)30-28(35)24-14-15-33(32-24)18-38-23-11-9-22(10-12-23)29(3,4)5/h8-16H,17-18H2,1-7H3,(H,30,35). The normalized spacial score (nSPS) is 11.3. The van der Waals surface area contributed by atoms with Crippen LogP contribution in [-0.2, 0) is 18.7 Å². The van der Waals surface area contributed by atoms with Gasteiger partial charge in [-0.3, -0.25) is 9.48 Å². The Kier molecular flexibility index (Phi) is 7.75. The number of hydrogen-bond acceptors (Lipinski definition) is 6. The van der Waals surface area contributed by atoms with Crippen molar-refractivity contribution < 1.29 is 19.0 Å². The molecule has 4 aromatic rings. The van der Waals surface area contributed by atoms with Crippen molar-refractivity contribution in [2.24, 2.45) is 0 Å². The van der Waals surface area contributed by atoms with Gasteiger partial charge in [-0.2, -0.15) is 10.2 Å². The Morgan fingerprint density at radius 2 is 1.66 bits per heavy atom. The molecule has 1 N–H and O–H groups in total. The van der Waals surface area contributed by atoms with Crippen LogP contribution in [-0.4, -0.2) is 39.7 Å². The summed E-state index contributed by atoms with van der Waals surface area (Å²) in [5.74, 6) is 1.75. The molecule has 0 radical (unpaired) electrons. The minimum Gasteiger partial charge on any atom is -0.493 e. The second-order valence-electron chi connectivity index (χ2n) is 10.1. The van der Waals surface area contributed by atoms with Crippen molar-refractivity contribution in [3.05, 3.63) is 82.9 Å². The van der Waals surface area contributed by atoms with Crippen molar-refractivity contribution >= 4 is 11.6 Å². The number of benzene rings is 2. The van der Waals surface area contributed by atoms with Gasteiger partial charge >= 0.3 is 0 Å². The first-order chi connectivity index (χ1) is 18.1. The van der Waals surface area contributed by atoms with Gasteiger partial charge in [-0.25, -0.2) is 4.68 Å². The Bertz CT molecular complexity index is 1410. The molecule has 2 aromatic heterocycles. The number of aryl methyl sites for hydroxylation is 1. The van der Waals surface area contributed by atoms with Crippen LogP contribution < -0.4 is 19.5 Å². The van der Waals surface area contributed by atoms with Gasteiger partial charge in [0.05, 0.1) is 37.8 Å². The number of nitrogens with zero attached hydrogens (tertiary/aromatic N) is 4. The molecule has 0 aliphatic heterocycles. The van der Waals surface area contributed by atoms with E-state index in [1.807, 2.05) is 48.9 Å². The smallest absolute Gasteiger partial charge is 0.276 e. The van der Waals surface area contributed by atoms with E-state index in [-0.39, 0.29) is 18.1 Å². The summed E-state index contributed by atoms with van der Waals surface area (Å²) in [4.78, 5) is 13.0. The fourth-order valence-electron chi connectivity index (χ4n) is 4.11. The highest BCUT2D eigenvalue weighted by molar-refractivity contribution is 6.03. The van der Waals surface area contributed by atoms with E-state index in [1.54, 1.807) is 31.2 Å². The molecule has 0 unspecified atom stereocenters. The molecular formula is C29H35N5O4. The molecule has 0 bridgehead atoms. The zero-order chi connectivity index (χ0) is 27.4. The van der Waals surface area contributed by atoms with E-state index in [0.29, 0.717) is 29.4 Å². The molecule has 0 spiro atoms. The van der Waals surface area contributed by atoms with Crippen LogP contribution >= 0.6 is 0 Å². The monoisotopic (exact) mass is 517 g/mol. The minimum atomic E-state index is -0.310. The molecule has 0 saturated heterocycles. The van der Waals surface area contributed by atoms with E-state index in [0.717, 1.165) is 22.7 Å². The molecule has 0 aliphatic rings. The summed E-state index contributed by atoms with van der Waals surface area (Å²) in [7, 11) is 3.21. The molecule has 1 amide bonds. The Morgan fingerprint density at radius 3 is 2.32 bits per heavy atom. The number of hydrogen-bond donors (Lipinski definition) is 1. The third-order valence-electron chi connectivity index (χ3n) is 6.36. The summed E-state index contributed by atoms with van der Waals surface area (Å²) in [6, 6.07) is 15.4. The molecule has 9 heteroatoms. The van der Waals surface area contributed by atoms with E-state index >= 15 is 0 Å². The second kappa shape index (κ2) is 11.0. The van der Waals surface area contributed by atoms with Crippen LogP contribution in [0.3, 0.4) is 0 Å². The third-order valence-corrected chi connectivity index (χ3v) is 6.36. The fourth-order valence-corrected chi connectivity index (χ4v) is 4.11. The average Bonchev–Trinajstić information content (AvgIpc) is 3.47. The van der Waals surface area contributed by atoms with Crippen LogP contribution in [0, 0.1) is 13.8 Å². The molecule has 200 valence electrons. The Labute approximate surface area is 223 Å². The first-order valence-electron chi connectivity index (χ1n) is 12.4. The fraction of sp³-hybridized carbons (Fsp3) is 0.345. The largest absolute Gasteiger partial charge is 0.493 e. The summed E-state index contributed by atoms with van der Waals surface area (Å²) in [5.41, 5.74) is 4.84. The lowest BCUT2D eigenvalue weighted by molar-refractivity contribution is 0.102. The average molecular weight is 518 g/mol. The molecule has 0 aliphatic carbocycles. The van der Waals surface area contributed by atoms with E-state index in [4.69, 9.17) is 14.2 Å². The molecule has 38 heavy (non-hydrogen) atoms. The maximum Gasteiger partial charge on any atom is 0.276 e. The van der Waals surface area contributed by atoms with Gasteiger partial charge in [-0.1, -0.05) is 39.0 Å².